The van der Waals surface area contributed by atoms with Gasteiger partial charge < -0.3 is 9.64 Å². The summed E-state index contributed by atoms with van der Waals surface area (Å²) >= 11 is 0. The van der Waals surface area contributed by atoms with Gasteiger partial charge in [-0.1, -0.05) is 36.4 Å². The molecule has 98 valence electrons. The minimum absolute atomic E-state index is 0.374. The fraction of sp³-hybridized carbons (Fsp3) is 0.294. The van der Waals surface area contributed by atoms with Crippen LogP contribution in [0.1, 0.15) is 11.1 Å². The summed E-state index contributed by atoms with van der Waals surface area (Å²) < 4.78 is 5.42. The minimum atomic E-state index is 0.374. The molecule has 2 nitrogen and oxygen atoms in total. The Morgan fingerprint density at radius 3 is 1.84 bits per heavy atom. The highest BCUT2D eigenvalue weighted by Crippen LogP contribution is 2.32. The molecule has 2 heteroatoms. The maximum absolute atomic E-state index is 5.42. The molecular formula is C17H19NO. The van der Waals surface area contributed by atoms with E-state index < -0.39 is 0 Å². The van der Waals surface area contributed by atoms with E-state index in [9.17, 15) is 0 Å². The van der Waals surface area contributed by atoms with Gasteiger partial charge >= 0.3 is 0 Å². The second-order valence-electron chi connectivity index (χ2n) is 5.14. The second-order valence-corrected chi connectivity index (χ2v) is 5.14. The lowest BCUT2D eigenvalue weighted by Gasteiger charge is -2.27. The van der Waals surface area contributed by atoms with Gasteiger partial charge in [-0.05, 0) is 37.1 Å². The number of anilines is 2. The van der Waals surface area contributed by atoms with Gasteiger partial charge in [0.05, 0.1) is 19.3 Å². The molecule has 0 radical (unpaired) electrons. The van der Waals surface area contributed by atoms with E-state index in [2.05, 4.69) is 67.3 Å². The van der Waals surface area contributed by atoms with E-state index in [-0.39, 0.29) is 0 Å². The molecule has 1 saturated heterocycles. The van der Waals surface area contributed by atoms with Crippen LogP contribution in [0.25, 0.3) is 0 Å². The van der Waals surface area contributed by atoms with Crippen LogP contribution >= 0.6 is 0 Å². The Morgan fingerprint density at radius 2 is 1.42 bits per heavy atom. The topological polar surface area (TPSA) is 15.8 Å². The Bertz CT molecular complexity index is 529. The first-order valence-corrected chi connectivity index (χ1v) is 6.76. The molecule has 0 bridgehead atoms. The smallest absolute Gasteiger partial charge is 0.0988 e. The minimum Gasteiger partial charge on any atom is -0.371 e. The molecule has 0 saturated carbocycles. The van der Waals surface area contributed by atoms with Crippen LogP contribution in [0.3, 0.4) is 0 Å². The molecule has 0 aliphatic carbocycles. The highest BCUT2D eigenvalue weighted by atomic mass is 16.6. The average molecular weight is 253 g/mol. The van der Waals surface area contributed by atoms with Gasteiger partial charge in [0.15, 0.2) is 0 Å². The normalized spacial score (nSPS) is 17.3. The van der Waals surface area contributed by atoms with Crippen LogP contribution < -0.4 is 4.90 Å². The van der Waals surface area contributed by atoms with Crippen LogP contribution in [0, 0.1) is 13.8 Å². The highest BCUT2D eigenvalue weighted by Gasteiger charge is 2.27. The lowest BCUT2D eigenvalue weighted by molar-refractivity contribution is 0.411. The molecule has 1 unspecified atom stereocenters. The molecule has 0 amide bonds. The molecule has 1 aliphatic rings. The van der Waals surface area contributed by atoms with Crippen molar-refractivity contribution in [2.75, 3.05) is 18.1 Å². The van der Waals surface area contributed by atoms with Crippen molar-refractivity contribution in [3.63, 3.8) is 0 Å². The summed E-state index contributed by atoms with van der Waals surface area (Å²) in [5, 5.41) is 0. The largest absolute Gasteiger partial charge is 0.371 e. The fourth-order valence-electron chi connectivity index (χ4n) is 2.44. The Hall–Kier alpha value is -1.80. The summed E-state index contributed by atoms with van der Waals surface area (Å²) in [6.45, 7) is 6.13. The summed E-state index contributed by atoms with van der Waals surface area (Å²) in [6, 6.07) is 17.1. The predicted octanol–water partition coefficient (Wildman–Crippen LogP) is 3.84. The SMILES string of the molecule is Cc1ccccc1N(CC1CO1)c1ccccc1C. The first-order valence-electron chi connectivity index (χ1n) is 6.76. The number of benzene rings is 2. The zero-order valence-corrected chi connectivity index (χ0v) is 11.5. The molecule has 19 heavy (non-hydrogen) atoms. The van der Waals surface area contributed by atoms with Crippen molar-refractivity contribution in [3.05, 3.63) is 59.7 Å². The highest BCUT2D eigenvalue weighted by molar-refractivity contribution is 5.68. The number of rotatable bonds is 4. The van der Waals surface area contributed by atoms with E-state index >= 15 is 0 Å². The van der Waals surface area contributed by atoms with E-state index in [4.69, 9.17) is 4.74 Å². The molecule has 0 aromatic heterocycles. The maximum atomic E-state index is 5.42. The number of nitrogens with zero attached hydrogens (tertiary/aromatic N) is 1. The lowest BCUT2D eigenvalue weighted by Crippen LogP contribution is -2.23. The van der Waals surface area contributed by atoms with Gasteiger partial charge in [-0.15, -0.1) is 0 Å². The van der Waals surface area contributed by atoms with Crippen molar-refractivity contribution >= 4 is 11.4 Å². The average Bonchev–Trinajstić information content (AvgIpc) is 3.22. The third-order valence-electron chi connectivity index (χ3n) is 3.60. The third-order valence-corrected chi connectivity index (χ3v) is 3.60. The van der Waals surface area contributed by atoms with Gasteiger partial charge in [-0.3, -0.25) is 0 Å². The summed E-state index contributed by atoms with van der Waals surface area (Å²) in [4.78, 5) is 2.38. The number of epoxide rings is 1. The molecule has 2 aromatic rings. The van der Waals surface area contributed by atoms with Crippen LogP contribution in [0.15, 0.2) is 48.5 Å². The van der Waals surface area contributed by atoms with Crippen molar-refractivity contribution in [2.45, 2.75) is 20.0 Å². The molecule has 1 heterocycles. The maximum Gasteiger partial charge on any atom is 0.0988 e. The molecule has 0 spiro atoms. The van der Waals surface area contributed by atoms with Gasteiger partial charge in [0.2, 0.25) is 0 Å². The van der Waals surface area contributed by atoms with Crippen LogP contribution in [0.4, 0.5) is 11.4 Å². The number of para-hydroxylation sites is 2. The lowest BCUT2D eigenvalue weighted by atomic mass is 10.1. The summed E-state index contributed by atoms with van der Waals surface area (Å²) in [5.41, 5.74) is 5.14. The monoisotopic (exact) mass is 253 g/mol. The second kappa shape index (κ2) is 5.06. The van der Waals surface area contributed by atoms with E-state index in [1.807, 2.05) is 0 Å². The Labute approximate surface area is 114 Å². The van der Waals surface area contributed by atoms with Crippen LogP contribution in [-0.2, 0) is 4.74 Å². The Morgan fingerprint density at radius 1 is 0.947 bits per heavy atom. The standard InChI is InChI=1S/C17H19NO/c1-13-7-3-5-9-16(13)18(11-15-12-19-15)17-10-6-4-8-14(17)2/h3-10,15H,11-12H2,1-2H3. The van der Waals surface area contributed by atoms with Crippen LogP contribution in [-0.4, -0.2) is 19.3 Å². The van der Waals surface area contributed by atoms with Crippen molar-refractivity contribution in [2.24, 2.45) is 0 Å². The van der Waals surface area contributed by atoms with Gasteiger partial charge in [0, 0.05) is 11.4 Å². The van der Waals surface area contributed by atoms with Gasteiger partial charge in [-0.2, -0.15) is 0 Å². The van der Waals surface area contributed by atoms with Crippen LogP contribution in [0.5, 0.6) is 0 Å². The predicted molar refractivity (Wildman–Crippen MR) is 79.1 cm³/mol. The number of ether oxygens (including phenoxy) is 1. The van der Waals surface area contributed by atoms with Crippen molar-refractivity contribution in [3.8, 4) is 0 Å². The molecule has 2 aromatic carbocycles. The van der Waals surface area contributed by atoms with Crippen molar-refractivity contribution < 1.29 is 4.74 Å². The zero-order valence-electron chi connectivity index (χ0n) is 11.5. The molecule has 3 rings (SSSR count). The molecule has 1 aliphatic heterocycles. The van der Waals surface area contributed by atoms with E-state index in [0.29, 0.717) is 6.10 Å². The van der Waals surface area contributed by atoms with E-state index in [1.165, 1.54) is 22.5 Å². The first-order chi connectivity index (χ1) is 9.25. The fourth-order valence-corrected chi connectivity index (χ4v) is 2.44. The summed E-state index contributed by atoms with van der Waals surface area (Å²) in [5.74, 6) is 0. The summed E-state index contributed by atoms with van der Waals surface area (Å²) in [7, 11) is 0. The third kappa shape index (κ3) is 2.64. The first kappa shape index (κ1) is 12.2. The number of aryl methyl sites for hydroxylation is 2. The molecule has 0 N–H and O–H groups in total. The Balaban J connectivity index is 2.02. The van der Waals surface area contributed by atoms with Gasteiger partial charge in [0.25, 0.3) is 0 Å². The number of hydrogen-bond acceptors (Lipinski definition) is 2. The quantitative estimate of drug-likeness (QED) is 0.769. The van der Waals surface area contributed by atoms with Crippen molar-refractivity contribution in [1.82, 2.24) is 0 Å². The molecule has 1 fully saturated rings. The van der Waals surface area contributed by atoms with E-state index in [1.54, 1.807) is 0 Å². The Kier molecular flexibility index (Phi) is 3.26. The molecule has 1 atom stereocenters. The van der Waals surface area contributed by atoms with Crippen molar-refractivity contribution in [1.29, 1.82) is 0 Å². The van der Waals surface area contributed by atoms with Gasteiger partial charge in [-0.25, -0.2) is 0 Å². The number of hydrogen-bond donors (Lipinski definition) is 0. The summed E-state index contributed by atoms with van der Waals surface area (Å²) in [6.07, 6.45) is 0.374. The molecular weight excluding hydrogens is 234 g/mol. The van der Waals surface area contributed by atoms with Crippen LogP contribution in [0.2, 0.25) is 0 Å². The zero-order chi connectivity index (χ0) is 13.2. The van der Waals surface area contributed by atoms with Gasteiger partial charge in [0.1, 0.15) is 0 Å². The van der Waals surface area contributed by atoms with E-state index in [0.717, 1.165) is 13.2 Å².